The zero-order chi connectivity index (χ0) is 41.0. The lowest BCUT2D eigenvalue weighted by atomic mass is 9.98. The van der Waals surface area contributed by atoms with Gasteiger partial charge >= 0.3 is 0 Å². The third-order valence-corrected chi connectivity index (χ3v) is 11.9. The monoisotopic (exact) mass is 792 g/mol. The molecule has 0 aliphatic carbocycles. The van der Waals surface area contributed by atoms with E-state index in [2.05, 4.69) is 174 Å². The Morgan fingerprint density at radius 2 is 0.935 bits per heavy atom. The number of nitrogens with zero attached hydrogens (tertiary/aromatic N) is 6. The van der Waals surface area contributed by atoms with Crippen molar-refractivity contribution in [2.75, 3.05) is 0 Å². The summed E-state index contributed by atoms with van der Waals surface area (Å²) in [5.41, 5.74) is 15.3. The first-order chi connectivity index (χ1) is 30.7. The number of hydrogen-bond acceptors (Lipinski definition) is 5. The number of rotatable bonds is 7. The van der Waals surface area contributed by atoms with Crippen molar-refractivity contribution >= 4 is 49.0 Å². The van der Waals surface area contributed by atoms with Crippen molar-refractivity contribution in [2.24, 2.45) is 0 Å². The van der Waals surface area contributed by atoms with E-state index in [0.717, 1.165) is 94.4 Å². The van der Waals surface area contributed by atoms with E-state index >= 15 is 0 Å². The Labute approximate surface area is 357 Å². The Hall–Kier alpha value is -8.35. The number of para-hydroxylation sites is 2. The molecule has 5 aromatic heterocycles. The molecule has 0 saturated carbocycles. The second kappa shape index (κ2) is 14.7. The molecule has 290 valence electrons. The molecule has 0 spiro atoms. The first-order valence-electron chi connectivity index (χ1n) is 20.9. The highest BCUT2D eigenvalue weighted by molar-refractivity contribution is 6.10. The van der Waals surface area contributed by atoms with Gasteiger partial charge in [0.05, 0.1) is 44.8 Å². The highest BCUT2D eigenvalue weighted by Crippen LogP contribution is 2.35. The smallest absolute Gasteiger partial charge is 0.159 e. The van der Waals surface area contributed by atoms with Crippen LogP contribution in [-0.4, -0.2) is 29.5 Å². The average molecular weight is 793 g/mol. The molecule has 0 aliphatic rings. The fourth-order valence-corrected chi connectivity index (χ4v) is 8.70. The largest absolute Gasteiger partial charge is 0.248 e. The van der Waals surface area contributed by atoms with Gasteiger partial charge in [-0.15, -0.1) is 0 Å². The predicted molar refractivity (Wildman–Crippen MR) is 253 cm³/mol. The minimum Gasteiger partial charge on any atom is -0.248 e. The summed E-state index contributed by atoms with van der Waals surface area (Å²) in [5, 5.41) is 10.8. The third-order valence-electron chi connectivity index (χ3n) is 11.9. The Morgan fingerprint density at radius 1 is 0.403 bits per heavy atom. The summed E-state index contributed by atoms with van der Waals surface area (Å²) in [5.74, 6) is 0.668. The standard InChI is InChI=1S/C56H36N6/c1-4-12-46-44(11-1)34-53(62-55(46)47-13-5-8-16-52(47)61-62)41-23-27-43(28-24-41)56-57-35-45(33-36-17-19-39(20-18-36)50-31-29-37-9-2-6-14-48(37)58-50)54(60-56)42-25-21-40(22-26-42)51-32-30-38-10-3-7-15-49(38)59-51/h1-32,34-35H,33H2. The van der Waals surface area contributed by atoms with Gasteiger partial charge in [0.1, 0.15) is 0 Å². The molecular weight excluding hydrogens is 757 g/mol. The van der Waals surface area contributed by atoms with Crippen molar-refractivity contribution in [2.45, 2.75) is 6.42 Å². The van der Waals surface area contributed by atoms with Gasteiger partial charge in [-0.1, -0.05) is 164 Å². The first-order valence-corrected chi connectivity index (χ1v) is 20.9. The molecule has 0 atom stereocenters. The molecule has 0 amide bonds. The van der Waals surface area contributed by atoms with Crippen LogP contribution in [0, 0.1) is 0 Å². The van der Waals surface area contributed by atoms with E-state index < -0.39 is 0 Å². The quantitative estimate of drug-likeness (QED) is 0.161. The maximum atomic E-state index is 5.31. The summed E-state index contributed by atoms with van der Waals surface area (Å²) in [6.45, 7) is 0. The summed E-state index contributed by atoms with van der Waals surface area (Å²) in [6, 6.07) is 69.8. The highest BCUT2D eigenvalue weighted by atomic mass is 15.2. The molecule has 5 heterocycles. The van der Waals surface area contributed by atoms with Gasteiger partial charge in [0.15, 0.2) is 5.82 Å². The van der Waals surface area contributed by atoms with Gasteiger partial charge in [-0.05, 0) is 47.3 Å². The molecule has 0 unspecified atom stereocenters. The Bertz CT molecular complexity index is 3650. The van der Waals surface area contributed by atoms with Crippen LogP contribution in [0.25, 0.3) is 105 Å². The van der Waals surface area contributed by atoms with E-state index in [1.165, 1.54) is 16.3 Å². The molecular formula is C56H36N6. The van der Waals surface area contributed by atoms with E-state index in [0.29, 0.717) is 12.2 Å². The molecule has 12 aromatic rings. The molecule has 6 heteroatoms. The average Bonchev–Trinajstić information content (AvgIpc) is 3.74. The van der Waals surface area contributed by atoms with E-state index in [-0.39, 0.29) is 0 Å². The highest BCUT2D eigenvalue weighted by Gasteiger charge is 2.17. The Morgan fingerprint density at radius 3 is 1.61 bits per heavy atom. The topological polar surface area (TPSA) is 68.9 Å². The number of benzene rings is 7. The fraction of sp³-hybridized carbons (Fsp3) is 0.0179. The fourth-order valence-electron chi connectivity index (χ4n) is 8.70. The van der Waals surface area contributed by atoms with Gasteiger partial charge in [0.2, 0.25) is 0 Å². The summed E-state index contributed by atoms with van der Waals surface area (Å²) in [4.78, 5) is 20.2. The molecule has 0 saturated heterocycles. The first kappa shape index (κ1) is 35.6. The third kappa shape index (κ3) is 6.33. The van der Waals surface area contributed by atoms with Crippen molar-refractivity contribution in [1.82, 2.24) is 29.5 Å². The predicted octanol–water partition coefficient (Wildman–Crippen LogP) is 13.5. The van der Waals surface area contributed by atoms with E-state index in [1.807, 2.05) is 36.5 Å². The van der Waals surface area contributed by atoms with E-state index in [4.69, 9.17) is 25.0 Å². The van der Waals surface area contributed by atoms with Crippen LogP contribution in [0.15, 0.2) is 206 Å². The SMILES string of the molecule is c1ccc2nc(-c3ccc(Cc4cnc(-c5ccc(-c6cc7ccccc7c7c8ccccc8nn67)cc5)nc4-c4ccc(-c5ccc6ccccc6n5)cc4)cc3)ccc2c1. The van der Waals surface area contributed by atoms with Gasteiger partial charge in [-0.25, -0.2) is 24.5 Å². The van der Waals surface area contributed by atoms with Crippen LogP contribution in [-0.2, 0) is 6.42 Å². The maximum Gasteiger partial charge on any atom is 0.159 e. The van der Waals surface area contributed by atoms with Crippen molar-refractivity contribution < 1.29 is 0 Å². The van der Waals surface area contributed by atoms with Crippen molar-refractivity contribution in [3.63, 3.8) is 0 Å². The maximum absolute atomic E-state index is 5.31. The van der Waals surface area contributed by atoms with Crippen LogP contribution in [0.2, 0.25) is 0 Å². The van der Waals surface area contributed by atoms with Gasteiger partial charge < -0.3 is 0 Å². The van der Waals surface area contributed by atoms with Crippen molar-refractivity contribution in [3.8, 4) is 56.4 Å². The van der Waals surface area contributed by atoms with Crippen LogP contribution in [0.4, 0.5) is 0 Å². The minimum atomic E-state index is 0.668. The second-order valence-corrected chi connectivity index (χ2v) is 15.8. The Balaban J connectivity index is 0.909. The molecule has 12 rings (SSSR count). The number of pyridine rings is 3. The van der Waals surface area contributed by atoms with Gasteiger partial charge in [0, 0.05) is 67.5 Å². The van der Waals surface area contributed by atoms with Crippen LogP contribution in [0.3, 0.4) is 0 Å². The van der Waals surface area contributed by atoms with Gasteiger partial charge in [-0.2, -0.15) is 5.10 Å². The van der Waals surface area contributed by atoms with Crippen LogP contribution in [0.5, 0.6) is 0 Å². The zero-order valence-electron chi connectivity index (χ0n) is 33.5. The molecule has 0 bridgehead atoms. The van der Waals surface area contributed by atoms with Gasteiger partial charge in [-0.3, -0.25) is 0 Å². The number of hydrogen-bond donors (Lipinski definition) is 0. The summed E-state index contributed by atoms with van der Waals surface area (Å²) in [6.07, 6.45) is 2.66. The summed E-state index contributed by atoms with van der Waals surface area (Å²) in [7, 11) is 0. The molecule has 6 nitrogen and oxygen atoms in total. The Kier molecular flexibility index (Phi) is 8.45. The van der Waals surface area contributed by atoms with Crippen LogP contribution >= 0.6 is 0 Å². The second-order valence-electron chi connectivity index (χ2n) is 15.8. The molecule has 0 radical (unpaired) electrons. The van der Waals surface area contributed by atoms with Crippen molar-refractivity contribution in [3.05, 3.63) is 218 Å². The zero-order valence-corrected chi connectivity index (χ0v) is 33.5. The number of aromatic nitrogens is 6. The lowest BCUT2D eigenvalue weighted by Crippen LogP contribution is -2.00. The molecule has 0 fully saturated rings. The van der Waals surface area contributed by atoms with Gasteiger partial charge in [0.25, 0.3) is 0 Å². The molecule has 7 aromatic carbocycles. The van der Waals surface area contributed by atoms with Crippen molar-refractivity contribution in [1.29, 1.82) is 0 Å². The molecule has 0 aliphatic heterocycles. The molecule has 0 N–H and O–H groups in total. The normalized spacial score (nSPS) is 11.6. The lowest BCUT2D eigenvalue weighted by Gasteiger charge is -2.13. The van der Waals surface area contributed by atoms with E-state index in [9.17, 15) is 0 Å². The lowest BCUT2D eigenvalue weighted by molar-refractivity contribution is 0.996. The number of fused-ring (bicyclic) bond motifs is 7. The minimum absolute atomic E-state index is 0.668. The summed E-state index contributed by atoms with van der Waals surface area (Å²) >= 11 is 0. The molecule has 62 heavy (non-hydrogen) atoms. The van der Waals surface area contributed by atoms with Crippen LogP contribution in [0.1, 0.15) is 11.1 Å². The van der Waals surface area contributed by atoms with Crippen LogP contribution < -0.4 is 0 Å². The van der Waals surface area contributed by atoms with E-state index in [1.54, 1.807) is 0 Å². The summed E-state index contributed by atoms with van der Waals surface area (Å²) < 4.78 is 2.09.